The lowest BCUT2D eigenvalue weighted by Crippen LogP contribution is -2.30. The largest absolute Gasteiger partial charge is 0.317 e. The minimum Gasteiger partial charge on any atom is -0.317 e. The second-order valence-electron chi connectivity index (χ2n) is 3.10. The SMILES string of the molecule is Brc1nnn(C2CCNCC2)c1Br. The number of hydrogen-bond acceptors (Lipinski definition) is 3. The quantitative estimate of drug-likeness (QED) is 0.859. The Balaban J connectivity index is 2.18. The van der Waals surface area contributed by atoms with E-state index in [0.29, 0.717) is 6.04 Å². The standard InChI is InChI=1S/C7H10Br2N4/c8-6-7(9)13(12-11-6)5-1-3-10-4-2-5/h5,10H,1-4H2. The highest BCUT2D eigenvalue weighted by molar-refractivity contribution is 9.13. The van der Waals surface area contributed by atoms with Gasteiger partial charge >= 0.3 is 0 Å². The first-order valence-electron chi connectivity index (χ1n) is 4.26. The molecule has 0 bridgehead atoms. The fourth-order valence-corrected chi connectivity index (χ4v) is 2.24. The van der Waals surface area contributed by atoms with E-state index in [4.69, 9.17) is 0 Å². The number of halogens is 2. The number of hydrogen-bond donors (Lipinski definition) is 1. The maximum Gasteiger partial charge on any atom is 0.162 e. The Morgan fingerprint density at radius 2 is 2.00 bits per heavy atom. The molecule has 1 aromatic heterocycles. The lowest BCUT2D eigenvalue weighted by atomic mass is 10.1. The Bertz CT molecular complexity index is 293. The van der Waals surface area contributed by atoms with E-state index in [1.807, 2.05) is 4.68 Å². The van der Waals surface area contributed by atoms with Crippen molar-refractivity contribution >= 4 is 31.9 Å². The monoisotopic (exact) mass is 308 g/mol. The van der Waals surface area contributed by atoms with Crippen molar-refractivity contribution in [1.29, 1.82) is 0 Å². The highest BCUT2D eigenvalue weighted by atomic mass is 79.9. The van der Waals surface area contributed by atoms with Crippen LogP contribution in [0.2, 0.25) is 0 Å². The smallest absolute Gasteiger partial charge is 0.162 e. The number of piperidine rings is 1. The lowest BCUT2D eigenvalue weighted by molar-refractivity contribution is 0.333. The molecule has 1 N–H and O–H groups in total. The predicted octanol–water partition coefficient (Wildman–Crippen LogP) is 1.73. The molecule has 0 amide bonds. The molecule has 0 aliphatic carbocycles. The zero-order valence-electron chi connectivity index (χ0n) is 7.00. The van der Waals surface area contributed by atoms with E-state index in [1.165, 1.54) is 0 Å². The van der Waals surface area contributed by atoms with Gasteiger partial charge in [0, 0.05) is 0 Å². The highest BCUT2D eigenvalue weighted by Crippen LogP contribution is 2.26. The molecule has 0 aromatic carbocycles. The summed E-state index contributed by atoms with van der Waals surface area (Å²) in [6, 6.07) is 0.481. The van der Waals surface area contributed by atoms with Gasteiger partial charge in [0.2, 0.25) is 0 Å². The van der Waals surface area contributed by atoms with Crippen molar-refractivity contribution in [3.05, 3.63) is 9.21 Å². The molecule has 2 heterocycles. The minimum absolute atomic E-state index is 0.481. The fraction of sp³-hybridized carbons (Fsp3) is 0.714. The van der Waals surface area contributed by atoms with Crippen LogP contribution in [-0.2, 0) is 0 Å². The summed E-state index contributed by atoms with van der Waals surface area (Å²) in [5.41, 5.74) is 0. The van der Waals surface area contributed by atoms with Gasteiger partial charge in [0.05, 0.1) is 6.04 Å². The second-order valence-corrected chi connectivity index (χ2v) is 4.60. The van der Waals surface area contributed by atoms with Crippen LogP contribution in [0.3, 0.4) is 0 Å². The molecule has 0 spiro atoms. The Labute approximate surface area is 93.3 Å². The maximum absolute atomic E-state index is 4.08. The minimum atomic E-state index is 0.481. The normalized spacial score (nSPS) is 19.2. The Morgan fingerprint density at radius 1 is 1.31 bits per heavy atom. The van der Waals surface area contributed by atoms with Crippen LogP contribution in [0.5, 0.6) is 0 Å². The molecule has 0 radical (unpaired) electrons. The fourth-order valence-electron chi connectivity index (χ4n) is 1.55. The first kappa shape index (κ1) is 9.61. The molecular formula is C7H10Br2N4. The summed E-state index contributed by atoms with van der Waals surface area (Å²) >= 11 is 6.78. The van der Waals surface area contributed by atoms with Crippen LogP contribution in [-0.4, -0.2) is 28.1 Å². The Morgan fingerprint density at radius 3 is 2.54 bits per heavy atom. The number of nitrogens with one attached hydrogen (secondary N) is 1. The van der Waals surface area contributed by atoms with Crippen LogP contribution < -0.4 is 5.32 Å². The van der Waals surface area contributed by atoms with Crippen LogP contribution in [0.4, 0.5) is 0 Å². The Hall–Kier alpha value is 0.0600. The molecular weight excluding hydrogens is 300 g/mol. The van der Waals surface area contributed by atoms with Crippen LogP contribution >= 0.6 is 31.9 Å². The summed E-state index contributed by atoms with van der Waals surface area (Å²) in [7, 11) is 0. The molecule has 1 aliphatic rings. The molecule has 2 rings (SSSR count). The van der Waals surface area contributed by atoms with Crippen molar-refractivity contribution in [3.63, 3.8) is 0 Å². The van der Waals surface area contributed by atoms with Gasteiger partial charge in [-0.25, -0.2) is 4.68 Å². The second kappa shape index (κ2) is 4.06. The lowest BCUT2D eigenvalue weighted by Gasteiger charge is -2.22. The molecule has 1 aromatic rings. The molecule has 13 heavy (non-hydrogen) atoms. The molecule has 0 unspecified atom stereocenters. The van der Waals surface area contributed by atoms with E-state index in [9.17, 15) is 0 Å². The molecule has 1 aliphatic heterocycles. The first-order valence-corrected chi connectivity index (χ1v) is 5.84. The van der Waals surface area contributed by atoms with Crippen molar-refractivity contribution in [3.8, 4) is 0 Å². The van der Waals surface area contributed by atoms with Crippen LogP contribution in [0, 0.1) is 0 Å². The maximum atomic E-state index is 4.08. The van der Waals surface area contributed by atoms with Gasteiger partial charge in [0.1, 0.15) is 4.60 Å². The van der Waals surface area contributed by atoms with Gasteiger partial charge < -0.3 is 5.32 Å². The summed E-state index contributed by atoms with van der Waals surface area (Å²) in [5.74, 6) is 0. The first-order chi connectivity index (χ1) is 6.29. The van der Waals surface area contributed by atoms with Crippen LogP contribution in [0.1, 0.15) is 18.9 Å². The van der Waals surface area contributed by atoms with Crippen LogP contribution in [0.25, 0.3) is 0 Å². The molecule has 1 saturated heterocycles. The zero-order valence-corrected chi connectivity index (χ0v) is 10.2. The number of aromatic nitrogens is 3. The molecule has 72 valence electrons. The number of rotatable bonds is 1. The highest BCUT2D eigenvalue weighted by Gasteiger charge is 2.19. The van der Waals surface area contributed by atoms with E-state index in [2.05, 4.69) is 47.5 Å². The molecule has 0 saturated carbocycles. The molecule has 1 fully saturated rings. The summed E-state index contributed by atoms with van der Waals surface area (Å²) in [5, 5.41) is 11.4. The summed E-state index contributed by atoms with van der Waals surface area (Å²) in [6.45, 7) is 2.13. The number of nitrogens with zero attached hydrogens (tertiary/aromatic N) is 3. The summed E-state index contributed by atoms with van der Waals surface area (Å²) in [6.07, 6.45) is 2.24. The van der Waals surface area contributed by atoms with Crippen molar-refractivity contribution < 1.29 is 0 Å². The van der Waals surface area contributed by atoms with Crippen LogP contribution in [0.15, 0.2) is 9.21 Å². The summed E-state index contributed by atoms with van der Waals surface area (Å²) in [4.78, 5) is 0. The van der Waals surface area contributed by atoms with Gasteiger partial charge in [0.25, 0.3) is 0 Å². The molecule has 4 nitrogen and oxygen atoms in total. The van der Waals surface area contributed by atoms with Gasteiger partial charge in [-0.3, -0.25) is 0 Å². The average molecular weight is 310 g/mol. The predicted molar refractivity (Wildman–Crippen MR) is 56.6 cm³/mol. The van der Waals surface area contributed by atoms with Crippen molar-refractivity contribution in [1.82, 2.24) is 20.3 Å². The van der Waals surface area contributed by atoms with Crippen molar-refractivity contribution in [2.24, 2.45) is 0 Å². The van der Waals surface area contributed by atoms with E-state index in [0.717, 1.165) is 35.1 Å². The van der Waals surface area contributed by atoms with E-state index in [-0.39, 0.29) is 0 Å². The molecule has 6 heteroatoms. The van der Waals surface area contributed by atoms with Gasteiger partial charge in [-0.1, -0.05) is 5.21 Å². The zero-order chi connectivity index (χ0) is 9.26. The van der Waals surface area contributed by atoms with Gasteiger partial charge in [-0.05, 0) is 57.8 Å². The van der Waals surface area contributed by atoms with Crippen molar-refractivity contribution in [2.75, 3.05) is 13.1 Å². The van der Waals surface area contributed by atoms with Crippen molar-refractivity contribution in [2.45, 2.75) is 18.9 Å². The van der Waals surface area contributed by atoms with Gasteiger partial charge in [-0.15, -0.1) is 5.10 Å². The molecule has 0 atom stereocenters. The third-order valence-electron chi connectivity index (χ3n) is 2.25. The average Bonchev–Trinajstić information content (AvgIpc) is 2.49. The van der Waals surface area contributed by atoms with Gasteiger partial charge in [0.15, 0.2) is 4.60 Å². The van der Waals surface area contributed by atoms with E-state index in [1.54, 1.807) is 0 Å². The summed E-state index contributed by atoms with van der Waals surface area (Å²) < 4.78 is 3.68. The van der Waals surface area contributed by atoms with E-state index >= 15 is 0 Å². The Kier molecular flexibility index (Phi) is 3.00. The van der Waals surface area contributed by atoms with E-state index < -0.39 is 0 Å². The third kappa shape index (κ3) is 1.94. The third-order valence-corrected chi connectivity index (χ3v) is 4.06. The van der Waals surface area contributed by atoms with Gasteiger partial charge in [-0.2, -0.15) is 0 Å². The topological polar surface area (TPSA) is 42.7 Å².